The number of morpholine rings is 1. The zero-order chi connectivity index (χ0) is 16.9. The van der Waals surface area contributed by atoms with Gasteiger partial charge in [0.2, 0.25) is 0 Å². The minimum atomic E-state index is 0.472. The molecule has 122 valence electrons. The maximum atomic E-state index is 9.46. The lowest BCUT2D eigenvalue weighted by atomic mass is 10.0. The number of allylic oxidation sites excluding steroid dienone is 1. The molecule has 0 bridgehead atoms. The first kappa shape index (κ1) is 16.9. The number of nitrogens with zero attached hydrogens (tertiary/aromatic N) is 2. The molecule has 24 heavy (non-hydrogen) atoms. The second-order valence-electron chi connectivity index (χ2n) is 5.48. The maximum absolute atomic E-state index is 9.46. The Labute approximate surface area is 151 Å². The average Bonchev–Trinajstić information content (AvgIpc) is 2.61. The standard InChI is InChI=1S/C19H16Cl2N2O/c20-16-3-6-18(19(21)12-16)15(13-22)11-14-1-4-17(5-2-14)23-7-9-24-10-8-23/h1-6,11-12H,7-10H2/b15-11-. The van der Waals surface area contributed by atoms with Gasteiger partial charge in [-0.2, -0.15) is 5.26 Å². The summed E-state index contributed by atoms with van der Waals surface area (Å²) in [6.45, 7) is 3.32. The topological polar surface area (TPSA) is 36.3 Å². The normalized spacial score (nSPS) is 15.2. The summed E-state index contributed by atoms with van der Waals surface area (Å²) in [7, 11) is 0. The summed E-state index contributed by atoms with van der Waals surface area (Å²) in [5.41, 5.74) is 3.31. The summed E-state index contributed by atoms with van der Waals surface area (Å²) in [6, 6.07) is 15.5. The summed E-state index contributed by atoms with van der Waals surface area (Å²) in [5, 5.41) is 10.5. The van der Waals surface area contributed by atoms with Crippen LogP contribution in [0, 0.1) is 11.3 Å². The van der Waals surface area contributed by atoms with E-state index in [4.69, 9.17) is 27.9 Å². The summed E-state index contributed by atoms with van der Waals surface area (Å²) in [5.74, 6) is 0. The molecule has 1 saturated heterocycles. The Morgan fingerprint density at radius 3 is 2.42 bits per heavy atom. The zero-order valence-electron chi connectivity index (χ0n) is 13.0. The van der Waals surface area contributed by atoms with Gasteiger partial charge in [-0.25, -0.2) is 0 Å². The molecule has 2 aromatic rings. The van der Waals surface area contributed by atoms with Gasteiger partial charge < -0.3 is 9.64 Å². The lowest BCUT2D eigenvalue weighted by Crippen LogP contribution is -2.36. The predicted octanol–water partition coefficient (Wildman–Crippen LogP) is 4.89. The fourth-order valence-corrected chi connectivity index (χ4v) is 3.16. The van der Waals surface area contributed by atoms with Gasteiger partial charge in [-0.3, -0.25) is 0 Å². The summed E-state index contributed by atoms with van der Waals surface area (Å²) >= 11 is 12.1. The first-order valence-corrected chi connectivity index (χ1v) is 8.43. The van der Waals surface area contributed by atoms with Gasteiger partial charge in [0.1, 0.15) is 0 Å². The minimum absolute atomic E-state index is 0.472. The highest BCUT2D eigenvalue weighted by atomic mass is 35.5. The fraction of sp³-hybridized carbons (Fsp3) is 0.211. The van der Waals surface area contributed by atoms with Crippen LogP contribution in [0.5, 0.6) is 0 Å². The highest BCUT2D eigenvalue weighted by Crippen LogP contribution is 2.28. The predicted molar refractivity (Wildman–Crippen MR) is 99.4 cm³/mol. The van der Waals surface area contributed by atoms with Gasteiger partial charge in [-0.15, -0.1) is 0 Å². The number of hydrogen-bond donors (Lipinski definition) is 0. The van der Waals surface area contributed by atoms with Gasteiger partial charge in [0.15, 0.2) is 0 Å². The van der Waals surface area contributed by atoms with Crippen LogP contribution in [-0.2, 0) is 4.74 Å². The lowest BCUT2D eigenvalue weighted by molar-refractivity contribution is 0.122. The number of hydrogen-bond acceptors (Lipinski definition) is 3. The molecule has 0 unspecified atom stereocenters. The van der Waals surface area contributed by atoms with E-state index in [9.17, 15) is 5.26 Å². The van der Waals surface area contributed by atoms with Crippen LogP contribution in [0.25, 0.3) is 11.6 Å². The van der Waals surface area contributed by atoms with E-state index in [1.54, 1.807) is 18.2 Å². The van der Waals surface area contributed by atoms with Crippen molar-refractivity contribution in [2.24, 2.45) is 0 Å². The van der Waals surface area contributed by atoms with Gasteiger partial charge in [-0.05, 0) is 35.9 Å². The molecular weight excluding hydrogens is 343 g/mol. The first-order valence-electron chi connectivity index (χ1n) is 7.67. The Bertz CT molecular complexity index is 788. The SMILES string of the molecule is N#C/C(=C/c1ccc(N2CCOCC2)cc1)c1ccc(Cl)cc1Cl. The molecule has 1 fully saturated rings. The van der Waals surface area contributed by atoms with Crippen molar-refractivity contribution in [2.45, 2.75) is 0 Å². The highest BCUT2D eigenvalue weighted by molar-refractivity contribution is 6.36. The van der Waals surface area contributed by atoms with Crippen molar-refractivity contribution in [1.82, 2.24) is 0 Å². The van der Waals surface area contributed by atoms with E-state index in [2.05, 4.69) is 23.1 Å². The van der Waals surface area contributed by atoms with E-state index in [1.165, 1.54) is 5.69 Å². The molecule has 0 aromatic heterocycles. The van der Waals surface area contributed by atoms with Gasteiger partial charge in [0.05, 0.1) is 29.9 Å². The Hall–Kier alpha value is -1.99. The zero-order valence-corrected chi connectivity index (χ0v) is 14.5. The summed E-state index contributed by atoms with van der Waals surface area (Å²) in [4.78, 5) is 2.29. The Kier molecular flexibility index (Phi) is 5.42. The van der Waals surface area contributed by atoms with E-state index >= 15 is 0 Å². The summed E-state index contributed by atoms with van der Waals surface area (Å²) < 4.78 is 5.37. The lowest BCUT2D eigenvalue weighted by Gasteiger charge is -2.28. The maximum Gasteiger partial charge on any atom is 0.0998 e. The molecule has 5 heteroatoms. The first-order chi connectivity index (χ1) is 11.7. The molecule has 0 N–H and O–H groups in total. The average molecular weight is 359 g/mol. The van der Waals surface area contributed by atoms with Crippen LogP contribution in [0.3, 0.4) is 0 Å². The number of benzene rings is 2. The van der Waals surface area contributed by atoms with Crippen LogP contribution in [0.4, 0.5) is 5.69 Å². The number of anilines is 1. The number of nitriles is 1. The molecule has 0 atom stereocenters. The molecule has 2 aromatic carbocycles. The van der Waals surface area contributed by atoms with Crippen LogP contribution in [0.2, 0.25) is 10.0 Å². The number of halogens is 2. The van der Waals surface area contributed by atoms with Crippen molar-refractivity contribution >= 4 is 40.5 Å². The van der Waals surface area contributed by atoms with Crippen LogP contribution < -0.4 is 4.90 Å². The van der Waals surface area contributed by atoms with E-state index in [0.29, 0.717) is 21.2 Å². The Morgan fingerprint density at radius 2 is 1.79 bits per heavy atom. The quantitative estimate of drug-likeness (QED) is 0.578. The molecule has 3 rings (SSSR count). The van der Waals surface area contributed by atoms with Gasteiger partial charge in [-0.1, -0.05) is 41.4 Å². The van der Waals surface area contributed by atoms with Crippen molar-refractivity contribution in [1.29, 1.82) is 5.26 Å². The van der Waals surface area contributed by atoms with E-state index in [0.717, 1.165) is 31.9 Å². The molecule has 1 aliphatic heterocycles. The van der Waals surface area contributed by atoms with Crippen molar-refractivity contribution in [3.8, 4) is 6.07 Å². The Morgan fingerprint density at radius 1 is 1.08 bits per heavy atom. The third-order valence-electron chi connectivity index (χ3n) is 3.92. The minimum Gasteiger partial charge on any atom is -0.378 e. The fourth-order valence-electron chi connectivity index (χ4n) is 2.65. The number of ether oxygens (including phenoxy) is 1. The van der Waals surface area contributed by atoms with Crippen LogP contribution in [0.1, 0.15) is 11.1 Å². The van der Waals surface area contributed by atoms with E-state index in [-0.39, 0.29) is 0 Å². The number of rotatable bonds is 3. The Balaban J connectivity index is 1.84. The molecule has 0 radical (unpaired) electrons. The molecule has 0 saturated carbocycles. The van der Waals surface area contributed by atoms with Crippen molar-refractivity contribution < 1.29 is 4.74 Å². The molecule has 0 aliphatic carbocycles. The van der Waals surface area contributed by atoms with Crippen molar-refractivity contribution in [2.75, 3.05) is 31.2 Å². The smallest absolute Gasteiger partial charge is 0.0998 e. The molecule has 1 aliphatic rings. The van der Waals surface area contributed by atoms with Gasteiger partial charge in [0.25, 0.3) is 0 Å². The van der Waals surface area contributed by atoms with Crippen LogP contribution in [0.15, 0.2) is 42.5 Å². The molecule has 0 spiro atoms. The van der Waals surface area contributed by atoms with E-state index in [1.807, 2.05) is 18.2 Å². The van der Waals surface area contributed by atoms with Crippen molar-refractivity contribution in [3.63, 3.8) is 0 Å². The molecule has 0 amide bonds. The third-order valence-corrected chi connectivity index (χ3v) is 4.47. The largest absolute Gasteiger partial charge is 0.378 e. The summed E-state index contributed by atoms with van der Waals surface area (Å²) in [6.07, 6.45) is 1.83. The molecule has 3 nitrogen and oxygen atoms in total. The third kappa shape index (κ3) is 3.91. The molecular formula is C19H16Cl2N2O. The highest BCUT2D eigenvalue weighted by Gasteiger charge is 2.11. The van der Waals surface area contributed by atoms with Gasteiger partial charge in [0, 0.05) is 29.4 Å². The molecule has 1 heterocycles. The second kappa shape index (κ2) is 7.72. The second-order valence-corrected chi connectivity index (χ2v) is 6.33. The van der Waals surface area contributed by atoms with Crippen molar-refractivity contribution in [3.05, 3.63) is 63.6 Å². The van der Waals surface area contributed by atoms with Crippen LogP contribution >= 0.6 is 23.2 Å². The van der Waals surface area contributed by atoms with E-state index < -0.39 is 0 Å². The monoisotopic (exact) mass is 358 g/mol. The van der Waals surface area contributed by atoms with Crippen LogP contribution in [-0.4, -0.2) is 26.3 Å². The van der Waals surface area contributed by atoms with Gasteiger partial charge >= 0.3 is 0 Å².